The quantitative estimate of drug-likeness (QED) is 0.594. The summed E-state index contributed by atoms with van der Waals surface area (Å²) in [6, 6.07) is 18.3. The van der Waals surface area contributed by atoms with Crippen LogP contribution >= 0.6 is 24.4 Å². The highest BCUT2D eigenvalue weighted by molar-refractivity contribution is 8.00. The standard InChI is InChI=1S/C17H17NO3S2/c19-16(22)15(12-23-14-9-5-2-6-10-14)18-17(20)21-11-13-7-3-1-4-8-13/h1-10,15H,11-12H2,(H,18,20)(H,19,22). The van der Waals surface area contributed by atoms with Crippen LogP contribution in [0.5, 0.6) is 0 Å². The van der Waals surface area contributed by atoms with Crippen LogP contribution in [-0.2, 0) is 16.1 Å². The van der Waals surface area contributed by atoms with E-state index in [9.17, 15) is 9.59 Å². The molecule has 0 fully saturated rings. The van der Waals surface area contributed by atoms with Crippen molar-refractivity contribution < 1.29 is 14.3 Å². The number of thioether (sulfide) groups is 1. The summed E-state index contributed by atoms with van der Waals surface area (Å²) in [6.45, 7) is 0.159. The first-order valence-corrected chi connectivity index (χ1v) is 8.46. The van der Waals surface area contributed by atoms with Crippen molar-refractivity contribution in [2.45, 2.75) is 17.5 Å². The molecule has 1 unspecified atom stereocenters. The number of hydrogen-bond donors (Lipinski definition) is 2. The summed E-state index contributed by atoms with van der Waals surface area (Å²) in [5.41, 5.74) is 0.884. The van der Waals surface area contributed by atoms with Gasteiger partial charge < -0.3 is 10.1 Å². The molecule has 1 N–H and O–H groups in total. The number of thiol groups is 1. The van der Waals surface area contributed by atoms with Gasteiger partial charge >= 0.3 is 6.09 Å². The molecule has 1 atom stereocenters. The number of amides is 1. The SMILES string of the molecule is O=C(NC(CSc1ccccc1)C(=O)S)OCc1ccccc1. The first-order chi connectivity index (χ1) is 11.1. The molecule has 6 heteroatoms. The third-order valence-corrected chi connectivity index (χ3v) is 4.38. The van der Waals surface area contributed by atoms with E-state index in [2.05, 4.69) is 17.9 Å². The summed E-state index contributed by atoms with van der Waals surface area (Å²) < 4.78 is 5.12. The number of carbonyl (C=O) groups is 2. The van der Waals surface area contributed by atoms with Crippen LogP contribution in [0.3, 0.4) is 0 Å². The Morgan fingerprint density at radius 1 is 1.04 bits per heavy atom. The van der Waals surface area contributed by atoms with Crippen molar-refractivity contribution in [2.24, 2.45) is 0 Å². The fraction of sp³-hybridized carbons (Fsp3) is 0.176. The molecule has 0 saturated carbocycles. The van der Waals surface area contributed by atoms with E-state index in [1.165, 1.54) is 11.8 Å². The highest BCUT2D eigenvalue weighted by Crippen LogP contribution is 2.18. The summed E-state index contributed by atoms with van der Waals surface area (Å²) in [5.74, 6) is 0.396. The summed E-state index contributed by atoms with van der Waals surface area (Å²) >= 11 is 5.30. The van der Waals surface area contributed by atoms with Crippen LogP contribution in [0.1, 0.15) is 5.56 Å². The third-order valence-electron chi connectivity index (χ3n) is 2.96. The monoisotopic (exact) mass is 347 g/mol. The van der Waals surface area contributed by atoms with Crippen molar-refractivity contribution in [1.29, 1.82) is 0 Å². The first kappa shape index (κ1) is 17.4. The van der Waals surface area contributed by atoms with Gasteiger partial charge in [0.2, 0.25) is 5.12 Å². The number of ether oxygens (including phenoxy) is 1. The van der Waals surface area contributed by atoms with E-state index < -0.39 is 17.3 Å². The molecule has 2 aromatic carbocycles. The van der Waals surface area contributed by atoms with Crippen molar-refractivity contribution in [3.63, 3.8) is 0 Å². The van der Waals surface area contributed by atoms with Gasteiger partial charge in [-0.05, 0) is 17.7 Å². The van der Waals surface area contributed by atoms with Crippen molar-refractivity contribution in [3.8, 4) is 0 Å². The Labute approximate surface area is 145 Å². The molecule has 23 heavy (non-hydrogen) atoms. The lowest BCUT2D eigenvalue weighted by Crippen LogP contribution is -2.41. The van der Waals surface area contributed by atoms with Crippen LogP contribution in [0.25, 0.3) is 0 Å². The fourth-order valence-corrected chi connectivity index (χ4v) is 3.00. The Kier molecular flexibility index (Phi) is 7.03. The zero-order chi connectivity index (χ0) is 16.5. The van der Waals surface area contributed by atoms with Gasteiger partial charge in [-0.2, -0.15) is 0 Å². The smallest absolute Gasteiger partial charge is 0.408 e. The number of benzene rings is 2. The maximum Gasteiger partial charge on any atom is 0.408 e. The van der Waals surface area contributed by atoms with Crippen molar-refractivity contribution in [1.82, 2.24) is 5.32 Å². The third kappa shape index (κ3) is 6.38. The maximum absolute atomic E-state index is 11.8. The van der Waals surface area contributed by atoms with Crippen LogP contribution < -0.4 is 5.32 Å². The Balaban J connectivity index is 1.81. The average Bonchev–Trinajstić information content (AvgIpc) is 2.58. The number of rotatable bonds is 7. The second-order valence-corrected chi connectivity index (χ2v) is 6.26. The molecular formula is C17H17NO3S2. The van der Waals surface area contributed by atoms with Crippen molar-refractivity contribution in [2.75, 3.05) is 5.75 Å². The molecule has 0 bridgehead atoms. The van der Waals surface area contributed by atoms with Gasteiger partial charge in [0.05, 0.1) is 0 Å². The number of nitrogens with one attached hydrogen (secondary N) is 1. The van der Waals surface area contributed by atoms with Crippen LogP contribution in [-0.4, -0.2) is 23.0 Å². The van der Waals surface area contributed by atoms with Gasteiger partial charge in [0.1, 0.15) is 12.6 Å². The number of carbonyl (C=O) groups excluding carboxylic acids is 2. The normalized spacial score (nSPS) is 11.5. The fourth-order valence-electron chi connectivity index (χ4n) is 1.78. The van der Waals surface area contributed by atoms with Crippen molar-refractivity contribution in [3.05, 3.63) is 66.2 Å². The van der Waals surface area contributed by atoms with Gasteiger partial charge in [-0.1, -0.05) is 48.5 Å². The van der Waals surface area contributed by atoms with Gasteiger partial charge in [-0.15, -0.1) is 24.4 Å². The molecule has 0 aromatic heterocycles. The molecule has 0 aliphatic carbocycles. The molecule has 4 nitrogen and oxygen atoms in total. The molecule has 0 heterocycles. The molecule has 2 aromatic rings. The molecule has 2 rings (SSSR count). The van der Waals surface area contributed by atoms with Crippen LogP contribution in [0.4, 0.5) is 4.79 Å². The summed E-state index contributed by atoms with van der Waals surface area (Å²) in [6.07, 6.45) is -0.630. The predicted molar refractivity (Wildman–Crippen MR) is 94.7 cm³/mol. The highest BCUT2D eigenvalue weighted by Gasteiger charge is 2.19. The summed E-state index contributed by atoms with van der Waals surface area (Å²) in [4.78, 5) is 24.4. The molecule has 0 aliphatic rings. The molecule has 0 spiro atoms. The van der Waals surface area contributed by atoms with Gasteiger partial charge in [0, 0.05) is 10.6 Å². The van der Waals surface area contributed by atoms with E-state index in [0.717, 1.165) is 10.5 Å². The van der Waals surface area contributed by atoms with Crippen LogP contribution in [0.15, 0.2) is 65.6 Å². The Bertz CT molecular complexity index is 635. The lowest BCUT2D eigenvalue weighted by molar-refractivity contribution is -0.112. The second kappa shape index (κ2) is 9.27. The molecule has 0 saturated heterocycles. The minimum absolute atomic E-state index is 0.159. The minimum atomic E-state index is -0.702. The first-order valence-electron chi connectivity index (χ1n) is 7.03. The zero-order valence-electron chi connectivity index (χ0n) is 12.3. The zero-order valence-corrected chi connectivity index (χ0v) is 14.1. The van der Waals surface area contributed by atoms with Crippen LogP contribution in [0.2, 0.25) is 0 Å². The molecule has 120 valence electrons. The topological polar surface area (TPSA) is 55.4 Å². The van der Waals surface area contributed by atoms with Crippen molar-refractivity contribution >= 4 is 35.6 Å². The van der Waals surface area contributed by atoms with E-state index in [1.807, 2.05) is 60.7 Å². The lowest BCUT2D eigenvalue weighted by atomic mass is 10.2. The molecular weight excluding hydrogens is 330 g/mol. The lowest BCUT2D eigenvalue weighted by Gasteiger charge is -2.15. The number of hydrogen-bond acceptors (Lipinski definition) is 4. The van der Waals surface area contributed by atoms with E-state index in [-0.39, 0.29) is 6.61 Å². The maximum atomic E-state index is 11.8. The van der Waals surface area contributed by atoms with E-state index in [0.29, 0.717) is 5.75 Å². The van der Waals surface area contributed by atoms with E-state index in [4.69, 9.17) is 4.74 Å². The summed E-state index contributed by atoms with van der Waals surface area (Å²) in [7, 11) is 0. The van der Waals surface area contributed by atoms with Gasteiger partial charge in [-0.3, -0.25) is 4.79 Å². The Morgan fingerprint density at radius 3 is 2.26 bits per heavy atom. The predicted octanol–water partition coefficient (Wildman–Crippen LogP) is 3.53. The van der Waals surface area contributed by atoms with Gasteiger partial charge in [0.15, 0.2) is 0 Å². The number of alkyl carbamates (subject to hydrolysis) is 1. The van der Waals surface area contributed by atoms with Crippen LogP contribution in [0, 0.1) is 0 Å². The highest BCUT2D eigenvalue weighted by atomic mass is 32.2. The largest absolute Gasteiger partial charge is 0.445 e. The summed E-state index contributed by atoms with van der Waals surface area (Å²) in [5, 5.41) is 2.15. The van der Waals surface area contributed by atoms with E-state index >= 15 is 0 Å². The average molecular weight is 347 g/mol. The molecule has 0 radical (unpaired) electrons. The second-order valence-electron chi connectivity index (χ2n) is 4.72. The minimum Gasteiger partial charge on any atom is -0.445 e. The van der Waals surface area contributed by atoms with Gasteiger partial charge in [0.25, 0.3) is 0 Å². The van der Waals surface area contributed by atoms with E-state index in [1.54, 1.807) is 0 Å². The molecule has 0 aliphatic heterocycles. The Morgan fingerprint density at radius 2 is 1.65 bits per heavy atom. The molecule has 1 amide bonds. The Hall–Kier alpha value is -1.92. The van der Waals surface area contributed by atoms with Gasteiger partial charge in [-0.25, -0.2) is 4.79 Å².